The molecule has 2 amide bonds. The normalized spacial score (nSPS) is 18.6. The van der Waals surface area contributed by atoms with Gasteiger partial charge in [-0.3, -0.25) is 5.32 Å². The number of carbonyl (C=O) groups excluding carboxylic acids is 1. The van der Waals surface area contributed by atoms with Gasteiger partial charge in [-0.1, -0.05) is 13.3 Å². The highest BCUT2D eigenvalue weighted by Gasteiger charge is 2.20. The van der Waals surface area contributed by atoms with Gasteiger partial charge in [0.05, 0.1) is 6.20 Å². The average Bonchev–Trinajstić information content (AvgIpc) is 3.05. The summed E-state index contributed by atoms with van der Waals surface area (Å²) in [6, 6.07) is 0.471. The van der Waals surface area contributed by atoms with Gasteiger partial charge in [0.25, 0.3) is 0 Å². The standard InChI is InChI=1S/C16H29N5O/c1-4-5-11-21-15(13(2)12-18-21)19-16(22)17-9-8-14-7-6-10-20(14)3/h12,14H,4-11H2,1-3H3,(H2,17,19,22). The molecule has 6 nitrogen and oxygen atoms in total. The van der Waals surface area contributed by atoms with Gasteiger partial charge in [-0.15, -0.1) is 0 Å². The third-order valence-corrected chi connectivity index (χ3v) is 4.41. The maximum Gasteiger partial charge on any atom is 0.320 e. The minimum atomic E-state index is -0.137. The van der Waals surface area contributed by atoms with Gasteiger partial charge < -0.3 is 10.2 Å². The van der Waals surface area contributed by atoms with Crippen LogP contribution in [0.1, 0.15) is 44.6 Å². The number of hydrogen-bond acceptors (Lipinski definition) is 3. The number of unbranched alkanes of at least 4 members (excludes halogenated alkanes) is 1. The predicted molar refractivity (Wildman–Crippen MR) is 89.2 cm³/mol. The van der Waals surface area contributed by atoms with Crippen LogP contribution < -0.4 is 10.6 Å². The predicted octanol–water partition coefficient (Wildman–Crippen LogP) is 2.60. The van der Waals surface area contributed by atoms with Crippen molar-refractivity contribution in [1.82, 2.24) is 20.0 Å². The zero-order valence-corrected chi connectivity index (χ0v) is 14.1. The number of hydrogen-bond donors (Lipinski definition) is 2. The highest BCUT2D eigenvalue weighted by atomic mass is 16.2. The van der Waals surface area contributed by atoms with Gasteiger partial charge in [-0.2, -0.15) is 5.10 Å². The maximum atomic E-state index is 12.1. The summed E-state index contributed by atoms with van der Waals surface area (Å²) in [5.41, 5.74) is 1.00. The molecular weight excluding hydrogens is 278 g/mol. The second-order valence-corrected chi connectivity index (χ2v) is 6.20. The number of nitrogens with one attached hydrogen (secondary N) is 2. The second-order valence-electron chi connectivity index (χ2n) is 6.20. The van der Waals surface area contributed by atoms with Crippen LogP contribution in [-0.2, 0) is 6.54 Å². The Kier molecular flexibility index (Phi) is 6.24. The van der Waals surface area contributed by atoms with Gasteiger partial charge in [0, 0.05) is 24.7 Å². The van der Waals surface area contributed by atoms with Gasteiger partial charge >= 0.3 is 6.03 Å². The van der Waals surface area contributed by atoms with Crippen LogP contribution in [0.25, 0.3) is 0 Å². The lowest BCUT2D eigenvalue weighted by molar-refractivity contribution is 0.248. The summed E-state index contributed by atoms with van der Waals surface area (Å²) in [5, 5.41) is 10.2. The summed E-state index contributed by atoms with van der Waals surface area (Å²) in [5.74, 6) is 0.809. The molecule has 1 aliphatic heterocycles. The Hall–Kier alpha value is -1.56. The van der Waals surface area contributed by atoms with Crippen LogP contribution in [0.3, 0.4) is 0 Å². The van der Waals surface area contributed by atoms with Crippen LogP contribution in [0.15, 0.2) is 6.20 Å². The Labute approximate surface area is 133 Å². The lowest BCUT2D eigenvalue weighted by atomic mass is 10.1. The third kappa shape index (κ3) is 4.47. The van der Waals surface area contributed by atoms with Crippen molar-refractivity contribution in [1.29, 1.82) is 0 Å². The van der Waals surface area contributed by atoms with Crippen molar-refractivity contribution in [3.8, 4) is 0 Å². The second kappa shape index (κ2) is 8.17. The molecule has 0 radical (unpaired) electrons. The SMILES string of the molecule is CCCCn1ncc(C)c1NC(=O)NCCC1CCCN1C. The molecule has 1 atom stereocenters. The maximum absolute atomic E-state index is 12.1. The summed E-state index contributed by atoms with van der Waals surface area (Å²) in [6.07, 6.45) is 7.49. The summed E-state index contributed by atoms with van der Waals surface area (Å²) in [4.78, 5) is 14.4. The first-order chi connectivity index (χ1) is 10.6. The van der Waals surface area contributed by atoms with Gasteiger partial charge in [0.15, 0.2) is 0 Å². The first kappa shape index (κ1) is 16.8. The largest absolute Gasteiger partial charge is 0.338 e. The molecule has 22 heavy (non-hydrogen) atoms. The number of amides is 2. The highest BCUT2D eigenvalue weighted by Crippen LogP contribution is 2.17. The smallest absolute Gasteiger partial charge is 0.320 e. The number of urea groups is 1. The molecule has 1 aliphatic rings. The van der Waals surface area contributed by atoms with Crippen molar-refractivity contribution >= 4 is 11.8 Å². The Morgan fingerprint density at radius 2 is 2.32 bits per heavy atom. The van der Waals surface area contributed by atoms with Crippen LogP contribution in [0.5, 0.6) is 0 Å². The van der Waals surface area contributed by atoms with E-state index in [4.69, 9.17) is 0 Å². The molecule has 0 spiro atoms. The lowest BCUT2D eigenvalue weighted by Gasteiger charge is -2.19. The molecule has 0 bridgehead atoms. The molecule has 2 rings (SSSR count). The molecule has 124 valence electrons. The van der Waals surface area contributed by atoms with Crippen molar-refractivity contribution < 1.29 is 4.79 Å². The molecular formula is C16H29N5O. The number of anilines is 1. The Morgan fingerprint density at radius 1 is 1.50 bits per heavy atom. The molecule has 1 aromatic rings. The molecule has 2 N–H and O–H groups in total. The average molecular weight is 307 g/mol. The molecule has 1 unspecified atom stereocenters. The Morgan fingerprint density at radius 3 is 3.00 bits per heavy atom. The zero-order valence-electron chi connectivity index (χ0n) is 14.1. The molecule has 0 aliphatic carbocycles. The Bertz CT molecular complexity index is 485. The van der Waals surface area contributed by atoms with E-state index < -0.39 is 0 Å². The van der Waals surface area contributed by atoms with Crippen LogP contribution in [0, 0.1) is 6.92 Å². The number of rotatable bonds is 7. The van der Waals surface area contributed by atoms with E-state index in [2.05, 4.69) is 34.6 Å². The minimum Gasteiger partial charge on any atom is -0.338 e. The topological polar surface area (TPSA) is 62.2 Å². The van der Waals surface area contributed by atoms with Crippen LogP contribution in [-0.4, -0.2) is 46.9 Å². The minimum absolute atomic E-state index is 0.137. The van der Waals surface area contributed by atoms with Crippen molar-refractivity contribution in [2.75, 3.05) is 25.5 Å². The summed E-state index contributed by atoms with van der Waals surface area (Å²) in [7, 11) is 2.16. The molecule has 6 heteroatoms. The quantitative estimate of drug-likeness (QED) is 0.814. The van der Waals surface area contributed by atoms with Gasteiger partial charge in [0.1, 0.15) is 5.82 Å². The van der Waals surface area contributed by atoms with E-state index in [-0.39, 0.29) is 6.03 Å². The molecule has 1 aromatic heterocycles. The van der Waals surface area contributed by atoms with Crippen LogP contribution in [0.2, 0.25) is 0 Å². The van der Waals surface area contributed by atoms with Gasteiger partial charge in [0.2, 0.25) is 0 Å². The Balaban J connectivity index is 1.78. The third-order valence-electron chi connectivity index (χ3n) is 4.41. The van der Waals surface area contributed by atoms with E-state index in [0.29, 0.717) is 12.6 Å². The fourth-order valence-electron chi connectivity index (χ4n) is 2.97. The molecule has 1 fully saturated rings. The van der Waals surface area contributed by atoms with E-state index in [9.17, 15) is 4.79 Å². The summed E-state index contributed by atoms with van der Waals surface area (Å²) < 4.78 is 1.88. The number of likely N-dealkylation sites (tertiary alicyclic amines) is 1. The monoisotopic (exact) mass is 307 g/mol. The van der Waals surface area contributed by atoms with Gasteiger partial charge in [-0.05, 0) is 46.2 Å². The van der Waals surface area contributed by atoms with E-state index >= 15 is 0 Å². The summed E-state index contributed by atoms with van der Waals surface area (Å²) in [6.45, 7) is 6.84. The first-order valence-corrected chi connectivity index (χ1v) is 8.39. The van der Waals surface area contributed by atoms with Crippen molar-refractivity contribution in [2.24, 2.45) is 0 Å². The fraction of sp³-hybridized carbons (Fsp3) is 0.750. The van der Waals surface area contributed by atoms with Crippen LogP contribution >= 0.6 is 0 Å². The molecule has 0 saturated carbocycles. The van der Waals surface area contributed by atoms with Gasteiger partial charge in [-0.25, -0.2) is 9.48 Å². The van der Waals surface area contributed by atoms with E-state index in [0.717, 1.165) is 37.2 Å². The molecule has 1 saturated heterocycles. The zero-order chi connectivity index (χ0) is 15.9. The van der Waals surface area contributed by atoms with Crippen LogP contribution in [0.4, 0.5) is 10.6 Å². The number of carbonyl (C=O) groups is 1. The van der Waals surface area contributed by atoms with Crippen molar-refractivity contribution in [3.05, 3.63) is 11.8 Å². The fourth-order valence-corrected chi connectivity index (χ4v) is 2.97. The summed E-state index contributed by atoms with van der Waals surface area (Å²) >= 11 is 0. The van der Waals surface area contributed by atoms with Crippen molar-refractivity contribution in [3.63, 3.8) is 0 Å². The number of aromatic nitrogens is 2. The highest BCUT2D eigenvalue weighted by molar-refractivity contribution is 5.88. The first-order valence-electron chi connectivity index (χ1n) is 8.39. The van der Waals surface area contributed by atoms with E-state index in [1.807, 2.05) is 11.6 Å². The number of aryl methyl sites for hydroxylation is 2. The number of nitrogens with zero attached hydrogens (tertiary/aromatic N) is 3. The van der Waals surface area contributed by atoms with E-state index in [1.54, 1.807) is 6.20 Å². The van der Waals surface area contributed by atoms with Crippen molar-refractivity contribution in [2.45, 2.75) is 58.5 Å². The van der Waals surface area contributed by atoms with E-state index in [1.165, 1.54) is 19.4 Å². The lowest BCUT2D eigenvalue weighted by Crippen LogP contribution is -2.34. The molecule has 2 heterocycles. The molecule has 0 aromatic carbocycles.